The number of rotatable bonds is 4. The van der Waals surface area contributed by atoms with E-state index in [1.807, 2.05) is 24.5 Å². The zero-order valence-corrected chi connectivity index (χ0v) is 13.1. The summed E-state index contributed by atoms with van der Waals surface area (Å²) in [4.78, 5) is 6.74. The summed E-state index contributed by atoms with van der Waals surface area (Å²) in [6, 6.07) is 6.28. The Labute approximate surface area is 130 Å². The molecule has 0 saturated heterocycles. The zero-order chi connectivity index (χ0) is 14.8. The van der Waals surface area contributed by atoms with Gasteiger partial charge in [0.05, 0.1) is 17.3 Å². The minimum atomic E-state index is 0.175. The first-order valence-electron chi connectivity index (χ1n) is 7.47. The second-order valence-electron chi connectivity index (χ2n) is 5.58. The molecule has 0 amide bonds. The molecule has 2 heterocycles. The Kier molecular flexibility index (Phi) is 4.17. The number of hydrogen-bond donors (Lipinski definition) is 1. The van der Waals surface area contributed by atoms with Crippen molar-refractivity contribution in [3.63, 3.8) is 0 Å². The SMILES string of the molecule is CCC(N)Cc1cccc(Cl)c1N1CCn2ccnc2C1. The van der Waals surface area contributed by atoms with Gasteiger partial charge in [0.15, 0.2) is 0 Å². The number of fused-ring (bicyclic) bond motifs is 1. The monoisotopic (exact) mass is 304 g/mol. The molecule has 0 spiro atoms. The van der Waals surface area contributed by atoms with Gasteiger partial charge < -0.3 is 15.2 Å². The molecule has 1 unspecified atom stereocenters. The first-order valence-corrected chi connectivity index (χ1v) is 7.84. The van der Waals surface area contributed by atoms with Crippen molar-refractivity contribution in [2.75, 3.05) is 11.4 Å². The first kappa shape index (κ1) is 14.4. The van der Waals surface area contributed by atoms with E-state index in [1.165, 1.54) is 5.56 Å². The van der Waals surface area contributed by atoms with Crippen LogP contribution in [0, 0.1) is 0 Å². The van der Waals surface area contributed by atoms with Gasteiger partial charge >= 0.3 is 0 Å². The highest BCUT2D eigenvalue weighted by Gasteiger charge is 2.21. The molecule has 1 aliphatic rings. The van der Waals surface area contributed by atoms with E-state index in [9.17, 15) is 0 Å². The highest BCUT2D eigenvalue weighted by molar-refractivity contribution is 6.33. The Morgan fingerprint density at radius 1 is 1.38 bits per heavy atom. The van der Waals surface area contributed by atoms with Gasteiger partial charge in [0.2, 0.25) is 0 Å². The molecule has 0 radical (unpaired) electrons. The Bertz CT molecular complexity index is 622. The largest absolute Gasteiger partial charge is 0.361 e. The maximum atomic E-state index is 6.48. The molecule has 21 heavy (non-hydrogen) atoms. The second-order valence-corrected chi connectivity index (χ2v) is 5.99. The average Bonchev–Trinajstić information content (AvgIpc) is 2.94. The molecule has 3 rings (SSSR count). The minimum Gasteiger partial charge on any atom is -0.361 e. The molecule has 1 aromatic carbocycles. The summed E-state index contributed by atoms with van der Waals surface area (Å²) in [6.07, 6.45) is 5.72. The van der Waals surface area contributed by atoms with Crippen LogP contribution in [0.15, 0.2) is 30.6 Å². The smallest absolute Gasteiger partial charge is 0.128 e. The zero-order valence-electron chi connectivity index (χ0n) is 12.3. The average molecular weight is 305 g/mol. The fraction of sp³-hybridized carbons (Fsp3) is 0.438. The van der Waals surface area contributed by atoms with Crippen molar-refractivity contribution in [1.82, 2.24) is 9.55 Å². The van der Waals surface area contributed by atoms with Crippen LogP contribution in [-0.2, 0) is 19.5 Å². The normalized spacial score (nSPS) is 15.9. The lowest BCUT2D eigenvalue weighted by Crippen LogP contribution is -2.35. The number of benzene rings is 1. The van der Waals surface area contributed by atoms with Crippen molar-refractivity contribution in [3.8, 4) is 0 Å². The van der Waals surface area contributed by atoms with Crippen molar-refractivity contribution in [2.24, 2.45) is 5.73 Å². The lowest BCUT2D eigenvalue weighted by atomic mass is 10.0. The molecule has 1 atom stereocenters. The van der Waals surface area contributed by atoms with Crippen LogP contribution in [0.2, 0.25) is 5.02 Å². The van der Waals surface area contributed by atoms with E-state index in [-0.39, 0.29) is 6.04 Å². The number of halogens is 1. The third kappa shape index (κ3) is 2.92. The van der Waals surface area contributed by atoms with Crippen LogP contribution in [0.3, 0.4) is 0 Å². The number of para-hydroxylation sites is 1. The molecule has 0 bridgehead atoms. The Hall–Kier alpha value is -1.52. The molecular formula is C16H21ClN4. The van der Waals surface area contributed by atoms with Crippen LogP contribution in [-0.4, -0.2) is 22.1 Å². The third-order valence-electron chi connectivity index (χ3n) is 4.14. The molecule has 112 valence electrons. The second kappa shape index (κ2) is 6.08. The summed E-state index contributed by atoms with van der Waals surface area (Å²) in [6.45, 7) is 4.80. The Morgan fingerprint density at radius 3 is 3.05 bits per heavy atom. The van der Waals surface area contributed by atoms with Crippen LogP contribution < -0.4 is 10.6 Å². The van der Waals surface area contributed by atoms with E-state index < -0.39 is 0 Å². The predicted molar refractivity (Wildman–Crippen MR) is 86.7 cm³/mol. The van der Waals surface area contributed by atoms with Crippen molar-refractivity contribution in [2.45, 2.75) is 38.9 Å². The summed E-state index contributed by atoms with van der Waals surface area (Å²) in [5.74, 6) is 1.09. The van der Waals surface area contributed by atoms with Gasteiger partial charge in [0.25, 0.3) is 0 Å². The highest BCUT2D eigenvalue weighted by atomic mass is 35.5. The van der Waals surface area contributed by atoms with Crippen molar-refractivity contribution in [3.05, 3.63) is 47.0 Å². The summed E-state index contributed by atoms with van der Waals surface area (Å²) in [5.41, 5.74) is 8.49. The maximum absolute atomic E-state index is 6.48. The molecule has 5 heteroatoms. The van der Waals surface area contributed by atoms with Crippen LogP contribution in [0.1, 0.15) is 24.7 Å². The highest BCUT2D eigenvalue weighted by Crippen LogP contribution is 2.33. The number of nitrogens with two attached hydrogens (primary N) is 1. The van der Waals surface area contributed by atoms with Crippen LogP contribution >= 0.6 is 11.6 Å². The van der Waals surface area contributed by atoms with Gasteiger partial charge in [-0.25, -0.2) is 4.98 Å². The molecule has 0 saturated carbocycles. The number of imidazole rings is 1. The van der Waals surface area contributed by atoms with Crippen LogP contribution in [0.5, 0.6) is 0 Å². The van der Waals surface area contributed by atoms with E-state index >= 15 is 0 Å². The van der Waals surface area contributed by atoms with E-state index in [0.29, 0.717) is 0 Å². The molecule has 2 N–H and O–H groups in total. The van der Waals surface area contributed by atoms with Crippen molar-refractivity contribution >= 4 is 17.3 Å². The van der Waals surface area contributed by atoms with Gasteiger partial charge in [0, 0.05) is 31.5 Å². The summed E-state index contributed by atoms with van der Waals surface area (Å²) in [7, 11) is 0. The topological polar surface area (TPSA) is 47.1 Å². The van der Waals surface area contributed by atoms with Gasteiger partial charge in [-0.2, -0.15) is 0 Å². The van der Waals surface area contributed by atoms with Crippen molar-refractivity contribution < 1.29 is 0 Å². The van der Waals surface area contributed by atoms with Gasteiger partial charge in [-0.3, -0.25) is 0 Å². The van der Waals surface area contributed by atoms with Gasteiger partial charge in [0.1, 0.15) is 5.82 Å². The van der Waals surface area contributed by atoms with Gasteiger partial charge in [-0.15, -0.1) is 0 Å². The summed E-state index contributed by atoms with van der Waals surface area (Å²) < 4.78 is 2.20. The minimum absolute atomic E-state index is 0.175. The fourth-order valence-corrected chi connectivity index (χ4v) is 3.18. The van der Waals surface area contributed by atoms with Crippen molar-refractivity contribution in [1.29, 1.82) is 0 Å². The lowest BCUT2D eigenvalue weighted by Gasteiger charge is -2.32. The van der Waals surface area contributed by atoms with E-state index in [1.54, 1.807) is 0 Å². The number of nitrogens with zero attached hydrogens (tertiary/aromatic N) is 3. The predicted octanol–water partition coefficient (Wildman–Crippen LogP) is 2.84. The molecule has 0 aliphatic carbocycles. The van der Waals surface area contributed by atoms with E-state index in [2.05, 4.69) is 27.4 Å². The third-order valence-corrected chi connectivity index (χ3v) is 4.44. The molecule has 2 aromatic rings. The maximum Gasteiger partial charge on any atom is 0.128 e. The fourth-order valence-electron chi connectivity index (χ4n) is 2.87. The summed E-state index contributed by atoms with van der Waals surface area (Å²) >= 11 is 6.48. The van der Waals surface area contributed by atoms with Gasteiger partial charge in [-0.05, 0) is 24.5 Å². The van der Waals surface area contributed by atoms with Crippen LogP contribution in [0.4, 0.5) is 5.69 Å². The quantitative estimate of drug-likeness (QED) is 0.945. The lowest BCUT2D eigenvalue weighted by molar-refractivity contribution is 0.557. The first-order chi connectivity index (χ1) is 10.2. The molecular weight excluding hydrogens is 284 g/mol. The molecule has 0 fully saturated rings. The molecule has 1 aliphatic heterocycles. The number of hydrogen-bond acceptors (Lipinski definition) is 3. The Balaban J connectivity index is 1.91. The van der Waals surface area contributed by atoms with Crippen LogP contribution in [0.25, 0.3) is 0 Å². The molecule has 1 aromatic heterocycles. The van der Waals surface area contributed by atoms with E-state index in [4.69, 9.17) is 17.3 Å². The van der Waals surface area contributed by atoms with E-state index in [0.717, 1.165) is 49.0 Å². The number of anilines is 1. The number of aromatic nitrogens is 2. The van der Waals surface area contributed by atoms with Gasteiger partial charge in [-0.1, -0.05) is 30.7 Å². The summed E-state index contributed by atoms with van der Waals surface area (Å²) in [5, 5.41) is 0.802. The standard InChI is InChI=1S/C16H21ClN4/c1-2-13(18)10-12-4-3-5-14(17)16(12)21-9-8-20-7-6-19-15(20)11-21/h3-7,13H,2,8-11,18H2,1H3. The molecule has 4 nitrogen and oxygen atoms in total. The Morgan fingerprint density at radius 2 is 2.24 bits per heavy atom.